The van der Waals surface area contributed by atoms with E-state index >= 15 is 0 Å². The van der Waals surface area contributed by atoms with Gasteiger partial charge in [-0.3, -0.25) is 0 Å². The fourth-order valence-corrected chi connectivity index (χ4v) is 4.18. The van der Waals surface area contributed by atoms with Gasteiger partial charge in [0, 0.05) is 18.6 Å². The van der Waals surface area contributed by atoms with Crippen LogP contribution < -0.4 is 10.6 Å². The Hall–Kier alpha value is -0.130. The van der Waals surface area contributed by atoms with E-state index in [4.69, 9.17) is 0 Å². The van der Waals surface area contributed by atoms with Crippen LogP contribution in [0, 0.1) is 5.92 Å². The zero-order chi connectivity index (χ0) is 12.3. The number of rotatable bonds is 6. The molecule has 2 aliphatic rings. The Kier molecular flexibility index (Phi) is 4.44. The second kappa shape index (κ2) is 5.67. The zero-order valence-corrected chi connectivity index (χ0v) is 11.4. The molecule has 0 spiro atoms. The van der Waals surface area contributed by atoms with Crippen molar-refractivity contribution in [1.29, 1.82) is 0 Å². The topological polar surface area (TPSA) is 58.2 Å². The highest BCUT2D eigenvalue weighted by Crippen LogP contribution is 2.34. The van der Waals surface area contributed by atoms with Gasteiger partial charge >= 0.3 is 0 Å². The van der Waals surface area contributed by atoms with Crippen molar-refractivity contribution in [2.75, 3.05) is 24.6 Å². The first-order valence-electron chi connectivity index (χ1n) is 6.78. The largest absolute Gasteiger partial charge is 0.314 e. The van der Waals surface area contributed by atoms with Gasteiger partial charge in [0.05, 0.1) is 11.5 Å². The lowest BCUT2D eigenvalue weighted by molar-refractivity contribution is 0.473. The summed E-state index contributed by atoms with van der Waals surface area (Å²) in [7, 11) is -2.78. The Morgan fingerprint density at radius 1 is 1.35 bits per heavy atom. The maximum atomic E-state index is 11.4. The molecule has 0 amide bonds. The van der Waals surface area contributed by atoms with Crippen molar-refractivity contribution in [2.24, 2.45) is 5.92 Å². The van der Waals surface area contributed by atoms with Gasteiger partial charge in [0.1, 0.15) is 0 Å². The second-order valence-electron chi connectivity index (χ2n) is 5.40. The fraction of sp³-hybridized carbons (Fsp3) is 1.00. The normalized spacial score (nSPS) is 35.7. The average molecular weight is 260 g/mol. The van der Waals surface area contributed by atoms with Crippen LogP contribution in [0.25, 0.3) is 0 Å². The van der Waals surface area contributed by atoms with Crippen LogP contribution in [-0.4, -0.2) is 45.1 Å². The van der Waals surface area contributed by atoms with Gasteiger partial charge in [-0.05, 0) is 31.7 Å². The average Bonchev–Trinajstić information content (AvgIpc) is 2.96. The SMILES string of the molecule is CCCC1CC1NCCC1CS(=O)(=O)CCN1. The summed E-state index contributed by atoms with van der Waals surface area (Å²) in [6.45, 7) is 3.79. The van der Waals surface area contributed by atoms with Gasteiger partial charge in [0.2, 0.25) is 0 Å². The molecule has 0 aromatic heterocycles. The molecule has 0 aromatic rings. The third-order valence-corrected chi connectivity index (χ3v) is 5.52. The van der Waals surface area contributed by atoms with Gasteiger partial charge in [-0.15, -0.1) is 0 Å². The smallest absolute Gasteiger partial charge is 0.153 e. The van der Waals surface area contributed by atoms with Gasteiger partial charge in [0.25, 0.3) is 0 Å². The highest BCUT2D eigenvalue weighted by Gasteiger charge is 2.35. The summed E-state index contributed by atoms with van der Waals surface area (Å²) in [5, 5.41) is 6.82. The van der Waals surface area contributed by atoms with E-state index in [2.05, 4.69) is 17.6 Å². The van der Waals surface area contributed by atoms with Crippen molar-refractivity contribution >= 4 is 9.84 Å². The minimum absolute atomic E-state index is 0.157. The Morgan fingerprint density at radius 3 is 2.88 bits per heavy atom. The standard InChI is InChI=1S/C12H24N2O2S/c1-2-3-10-8-12(10)14-5-4-11-9-17(15,16)7-6-13-11/h10-14H,2-9H2,1H3. The molecular weight excluding hydrogens is 236 g/mol. The van der Waals surface area contributed by atoms with Crippen LogP contribution in [-0.2, 0) is 9.84 Å². The van der Waals surface area contributed by atoms with Crippen molar-refractivity contribution in [3.63, 3.8) is 0 Å². The maximum Gasteiger partial charge on any atom is 0.153 e. The number of sulfone groups is 1. The van der Waals surface area contributed by atoms with Crippen LogP contribution in [0.2, 0.25) is 0 Å². The molecule has 100 valence electrons. The molecule has 1 aliphatic carbocycles. The van der Waals surface area contributed by atoms with E-state index in [0.717, 1.165) is 18.9 Å². The van der Waals surface area contributed by atoms with Crippen molar-refractivity contribution < 1.29 is 8.42 Å². The Labute approximate surface area is 104 Å². The minimum Gasteiger partial charge on any atom is -0.314 e. The Bertz CT molecular complexity index is 342. The van der Waals surface area contributed by atoms with Gasteiger partial charge < -0.3 is 10.6 Å². The molecule has 0 aromatic carbocycles. The fourth-order valence-electron chi connectivity index (χ4n) is 2.68. The molecule has 17 heavy (non-hydrogen) atoms. The van der Waals surface area contributed by atoms with Crippen LogP contribution in [0.3, 0.4) is 0 Å². The molecule has 2 fully saturated rings. The van der Waals surface area contributed by atoms with Crippen LogP contribution in [0.1, 0.15) is 32.6 Å². The Morgan fingerprint density at radius 2 is 2.18 bits per heavy atom. The number of hydrogen-bond donors (Lipinski definition) is 2. The predicted octanol–water partition coefficient (Wildman–Crippen LogP) is 0.541. The molecule has 4 nitrogen and oxygen atoms in total. The van der Waals surface area contributed by atoms with E-state index in [1.165, 1.54) is 19.3 Å². The van der Waals surface area contributed by atoms with Crippen molar-refractivity contribution in [3.05, 3.63) is 0 Å². The molecule has 5 heteroatoms. The molecule has 3 unspecified atom stereocenters. The van der Waals surface area contributed by atoms with Crippen LogP contribution in [0.5, 0.6) is 0 Å². The van der Waals surface area contributed by atoms with Crippen molar-refractivity contribution in [1.82, 2.24) is 10.6 Å². The van der Waals surface area contributed by atoms with E-state index < -0.39 is 9.84 Å². The summed E-state index contributed by atoms with van der Waals surface area (Å²) in [5.74, 6) is 1.50. The van der Waals surface area contributed by atoms with E-state index in [0.29, 0.717) is 24.1 Å². The zero-order valence-electron chi connectivity index (χ0n) is 10.6. The molecule has 3 atom stereocenters. The molecule has 1 aliphatic heterocycles. The molecule has 1 saturated heterocycles. The van der Waals surface area contributed by atoms with Crippen LogP contribution in [0.4, 0.5) is 0 Å². The summed E-state index contributed by atoms with van der Waals surface area (Å²) in [6, 6.07) is 0.861. The minimum atomic E-state index is -2.78. The molecule has 1 saturated carbocycles. The third-order valence-electron chi connectivity index (χ3n) is 3.78. The van der Waals surface area contributed by atoms with E-state index in [9.17, 15) is 8.42 Å². The first-order valence-corrected chi connectivity index (χ1v) is 8.60. The number of nitrogens with one attached hydrogen (secondary N) is 2. The molecule has 0 bridgehead atoms. The summed E-state index contributed by atoms with van der Waals surface area (Å²) in [6.07, 6.45) is 4.83. The summed E-state index contributed by atoms with van der Waals surface area (Å²) < 4.78 is 22.9. The lowest BCUT2D eigenvalue weighted by Crippen LogP contribution is -2.46. The lowest BCUT2D eigenvalue weighted by Gasteiger charge is -2.23. The summed E-state index contributed by atoms with van der Waals surface area (Å²) >= 11 is 0. The van der Waals surface area contributed by atoms with Crippen molar-refractivity contribution in [2.45, 2.75) is 44.7 Å². The Balaban J connectivity index is 1.60. The van der Waals surface area contributed by atoms with Gasteiger partial charge in [-0.1, -0.05) is 13.3 Å². The summed E-state index contributed by atoms with van der Waals surface area (Å²) in [5.41, 5.74) is 0. The van der Waals surface area contributed by atoms with E-state index in [-0.39, 0.29) is 6.04 Å². The molecular formula is C12H24N2O2S. The highest BCUT2D eigenvalue weighted by molar-refractivity contribution is 7.91. The molecule has 0 radical (unpaired) electrons. The highest BCUT2D eigenvalue weighted by atomic mass is 32.2. The van der Waals surface area contributed by atoms with Crippen molar-refractivity contribution in [3.8, 4) is 0 Å². The summed E-state index contributed by atoms with van der Waals surface area (Å²) in [4.78, 5) is 0. The third kappa shape index (κ3) is 4.23. The van der Waals surface area contributed by atoms with E-state index in [1.54, 1.807) is 0 Å². The second-order valence-corrected chi connectivity index (χ2v) is 7.63. The first-order chi connectivity index (χ1) is 8.11. The van der Waals surface area contributed by atoms with Crippen LogP contribution in [0.15, 0.2) is 0 Å². The monoisotopic (exact) mass is 260 g/mol. The maximum absolute atomic E-state index is 11.4. The van der Waals surface area contributed by atoms with Gasteiger partial charge in [-0.2, -0.15) is 0 Å². The predicted molar refractivity (Wildman–Crippen MR) is 69.9 cm³/mol. The quantitative estimate of drug-likeness (QED) is 0.732. The first kappa shape index (κ1) is 13.3. The number of hydrogen-bond acceptors (Lipinski definition) is 4. The molecule has 1 heterocycles. The van der Waals surface area contributed by atoms with Crippen LogP contribution >= 0.6 is 0 Å². The van der Waals surface area contributed by atoms with Gasteiger partial charge in [0.15, 0.2) is 9.84 Å². The van der Waals surface area contributed by atoms with E-state index in [1.807, 2.05) is 0 Å². The lowest BCUT2D eigenvalue weighted by atomic mass is 10.2. The molecule has 2 rings (SSSR count). The molecule has 2 N–H and O–H groups in total. The van der Waals surface area contributed by atoms with Gasteiger partial charge in [-0.25, -0.2) is 8.42 Å².